The Hall–Kier alpha value is -2.67. The number of furan rings is 1. The number of benzene rings is 1. The minimum Gasteiger partial charge on any atom is -0.464 e. The van der Waals surface area contributed by atoms with E-state index in [1.807, 2.05) is 32.0 Å². The number of rotatable bonds is 6. The number of nitrogens with zero attached hydrogens (tertiary/aromatic N) is 2. The summed E-state index contributed by atoms with van der Waals surface area (Å²) in [5.41, 5.74) is 3.30. The van der Waals surface area contributed by atoms with Crippen molar-refractivity contribution in [2.45, 2.75) is 33.8 Å². The van der Waals surface area contributed by atoms with Crippen LogP contribution in [0.5, 0.6) is 0 Å². The number of esters is 1. The van der Waals surface area contributed by atoms with Gasteiger partial charge in [0.1, 0.15) is 12.2 Å². The van der Waals surface area contributed by atoms with Crippen LogP contribution in [0, 0.1) is 6.92 Å². The Labute approximate surface area is 155 Å². The fourth-order valence-electron chi connectivity index (χ4n) is 2.67. The molecule has 0 aliphatic heterocycles. The van der Waals surface area contributed by atoms with Crippen molar-refractivity contribution in [3.63, 3.8) is 0 Å². The second-order valence-electron chi connectivity index (χ2n) is 5.98. The van der Waals surface area contributed by atoms with Gasteiger partial charge in [0.15, 0.2) is 5.13 Å². The number of carbonyl (C=O) groups is 2. The van der Waals surface area contributed by atoms with Gasteiger partial charge in [0.2, 0.25) is 5.91 Å². The zero-order valence-electron chi connectivity index (χ0n) is 14.9. The smallest absolute Gasteiger partial charge is 0.310 e. The molecule has 0 atom stereocenters. The predicted octanol–water partition coefficient (Wildman–Crippen LogP) is 3.86. The van der Waals surface area contributed by atoms with E-state index in [0.29, 0.717) is 17.4 Å². The lowest BCUT2D eigenvalue weighted by molar-refractivity contribution is -0.144. The van der Waals surface area contributed by atoms with Crippen molar-refractivity contribution in [1.82, 2.24) is 4.98 Å². The van der Waals surface area contributed by atoms with Gasteiger partial charge in [-0.3, -0.25) is 14.5 Å². The summed E-state index contributed by atoms with van der Waals surface area (Å²) in [5, 5.41) is 3.33. The highest BCUT2D eigenvalue weighted by molar-refractivity contribution is 7.14. The second-order valence-corrected chi connectivity index (χ2v) is 6.82. The largest absolute Gasteiger partial charge is 0.464 e. The van der Waals surface area contributed by atoms with Gasteiger partial charge in [0.05, 0.1) is 18.4 Å². The molecule has 0 spiro atoms. The van der Waals surface area contributed by atoms with Gasteiger partial charge in [-0.25, -0.2) is 4.98 Å². The molecule has 1 aromatic carbocycles. The minimum atomic E-state index is -0.346. The molecule has 3 rings (SSSR count). The van der Waals surface area contributed by atoms with Gasteiger partial charge in [-0.1, -0.05) is 12.1 Å². The first-order chi connectivity index (χ1) is 12.5. The van der Waals surface area contributed by atoms with Crippen LogP contribution >= 0.6 is 11.3 Å². The van der Waals surface area contributed by atoms with Gasteiger partial charge in [-0.2, -0.15) is 0 Å². The molecule has 0 N–H and O–H groups in total. The third-order valence-corrected chi connectivity index (χ3v) is 4.91. The molecule has 0 fully saturated rings. The molecule has 136 valence electrons. The van der Waals surface area contributed by atoms with E-state index in [-0.39, 0.29) is 24.9 Å². The molecule has 0 unspecified atom stereocenters. The average Bonchev–Trinajstić information content (AvgIpc) is 3.21. The fraction of sp³-hybridized carbons (Fsp3) is 0.316. The normalized spacial score (nSPS) is 10.9. The number of aromatic nitrogens is 1. The van der Waals surface area contributed by atoms with Crippen molar-refractivity contribution in [1.29, 1.82) is 0 Å². The van der Waals surface area contributed by atoms with Crippen molar-refractivity contribution < 1.29 is 18.7 Å². The van der Waals surface area contributed by atoms with Crippen molar-refractivity contribution >= 4 is 39.3 Å². The van der Waals surface area contributed by atoms with Gasteiger partial charge in [0, 0.05) is 29.8 Å². The number of thiazole rings is 1. The Morgan fingerprint density at radius 2 is 2.15 bits per heavy atom. The standard InChI is InChI=1S/C19H20N2O4S/c1-4-21(13(3)22)19-20-15(11-26-19)10-25-18(23)8-14-9-24-17-7-12(2)5-6-16(14)17/h5-7,9,11H,4,8,10H2,1-3H3. The van der Waals surface area contributed by atoms with Crippen LogP contribution in [-0.2, 0) is 27.4 Å². The lowest BCUT2D eigenvalue weighted by Gasteiger charge is -2.14. The molecule has 0 aliphatic carbocycles. The Bertz CT molecular complexity index is 944. The van der Waals surface area contributed by atoms with Crippen LogP contribution in [0.3, 0.4) is 0 Å². The summed E-state index contributed by atoms with van der Waals surface area (Å²) in [7, 11) is 0. The molecule has 0 bridgehead atoms. The molecule has 1 amide bonds. The van der Waals surface area contributed by atoms with Crippen LogP contribution in [-0.4, -0.2) is 23.4 Å². The Morgan fingerprint density at radius 1 is 1.35 bits per heavy atom. The van der Waals surface area contributed by atoms with E-state index in [2.05, 4.69) is 4.98 Å². The third-order valence-electron chi connectivity index (χ3n) is 3.99. The first-order valence-electron chi connectivity index (χ1n) is 8.32. The summed E-state index contributed by atoms with van der Waals surface area (Å²) in [6, 6.07) is 5.87. The monoisotopic (exact) mass is 372 g/mol. The number of carbonyl (C=O) groups excluding carboxylic acids is 2. The topological polar surface area (TPSA) is 72.6 Å². The Balaban J connectivity index is 1.60. The van der Waals surface area contributed by atoms with E-state index < -0.39 is 0 Å². The summed E-state index contributed by atoms with van der Waals surface area (Å²) in [5.74, 6) is -0.408. The second kappa shape index (κ2) is 7.70. The molecule has 26 heavy (non-hydrogen) atoms. The van der Waals surface area contributed by atoms with Crippen molar-refractivity contribution in [3.05, 3.63) is 46.7 Å². The molecule has 0 aliphatic rings. The number of ether oxygens (including phenoxy) is 1. The molecular weight excluding hydrogens is 352 g/mol. The molecule has 0 saturated heterocycles. The predicted molar refractivity (Wildman–Crippen MR) is 100 cm³/mol. The average molecular weight is 372 g/mol. The molecule has 3 aromatic rings. The number of aryl methyl sites for hydroxylation is 1. The summed E-state index contributed by atoms with van der Waals surface area (Å²) < 4.78 is 10.8. The van der Waals surface area contributed by atoms with Gasteiger partial charge in [-0.05, 0) is 25.5 Å². The van der Waals surface area contributed by atoms with E-state index in [1.165, 1.54) is 18.3 Å². The molecule has 2 aromatic heterocycles. The van der Waals surface area contributed by atoms with Crippen LogP contribution in [0.1, 0.15) is 30.7 Å². The van der Waals surface area contributed by atoms with Crippen LogP contribution in [0.4, 0.5) is 5.13 Å². The highest BCUT2D eigenvalue weighted by Gasteiger charge is 2.15. The zero-order valence-corrected chi connectivity index (χ0v) is 15.8. The lowest BCUT2D eigenvalue weighted by atomic mass is 10.1. The van der Waals surface area contributed by atoms with E-state index in [4.69, 9.17) is 9.15 Å². The van der Waals surface area contributed by atoms with Crippen LogP contribution in [0.2, 0.25) is 0 Å². The molecule has 2 heterocycles. The Morgan fingerprint density at radius 3 is 2.88 bits per heavy atom. The van der Waals surface area contributed by atoms with Crippen molar-refractivity contribution in [2.75, 3.05) is 11.4 Å². The number of hydrogen-bond donors (Lipinski definition) is 0. The minimum absolute atomic E-state index is 0.0625. The summed E-state index contributed by atoms with van der Waals surface area (Å²) in [4.78, 5) is 29.6. The van der Waals surface area contributed by atoms with Gasteiger partial charge >= 0.3 is 5.97 Å². The maximum Gasteiger partial charge on any atom is 0.310 e. The van der Waals surface area contributed by atoms with E-state index in [9.17, 15) is 9.59 Å². The third kappa shape index (κ3) is 3.94. The van der Waals surface area contributed by atoms with Gasteiger partial charge in [-0.15, -0.1) is 11.3 Å². The molecule has 0 radical (unpaired) electrons. The maximum absolute atomic E-state index is 12.1. The van der Waals surface area contributed by atoms with Gasteiger partial charge < -0.3 is 9.15 Å². The lowest BCUT2D eigenvalue weighted by Crippen LogP contribution is -2.27. The summed E-state index contributed by atoms with van der Waals surface area (Å²) in [6.07, 6.45) is 1.74. The highest BCUT2D eigenvalue weighted by Crippen LogP contribution is 2.24. The highest BCUT2D eigenvalue weighted by atomic mass is 32.1. The van der Waals surface area contributed by atoms with E-state index >= 15 is 0 Å². The summed E-state index contributed by atoms with van der Waals surface area (Å²) >= 11 is 1.36. The van der Waals surface area contributed by atoms with E-state index in [0.717, 1.165) is 22.1 Å². The molecule has 0 saturated carbocycles. The quantitative estimate of drug-likeness (QED) is 0.615. The van der Waals surface area contributed by atoms with Crippen LogP contribution < -0.4 is 4.90 Å². The van der Waals surface area contributed by atoms with Gasteiger partial charge in [0.25, 0.3) is 0 Å². The molecule has 6 nitrogen and oxygen atoms in total. The number of amides is 1. The number of anilines is 1. The first-order valence-corrected chi connectivity index (χ1v) is 9.20. The zero-order chi connectivity index (χ0) is 18.7. The van der Waals surface area contributed by atoms with E-state index in [1.54, 1.807) is 16.5 Å². The maximum atomic E-state index is 12.1. The molecular formula is C19H20N2O4S. The molecule has 7 heteroatoms. The SMILES string of the molecule is CCN(C(C)=O)c1nc(COC(=O)Cc2coc3cc(C)ccc23)cs1. The van der Waals surface area contributed by atoms with Crippen LogP contribution in [0.25, 0.3) is 11.0 Å². The summed E-state index contributed by atoms with van der Waals surface area (Å²) in [6.45, 7) is 6.01. The van der Waals surface area contributed by atoms with Crippen molar-refractivity contribution in [2.24, 2.45) is 0 Å². The number of hydrogen-bond acceptors (Lipinski definition) is 6. The Kier molecular flexibility index (Phi) is 5.37. The van der Waals surface area contributed by atoms with Crippen LogP contribution in [0.15, 0.2) is 34.3 Å². The first kappa shape index (κ1) is 18.1. The number of fused-ring (bicyclic) bond motifs is 1. The fourth-order valence-corrected chi connectivity index (χ4v) is 3.58. The van der Waals surface area contributed by atoms with Crippen molar-refractivity contribution in [3.8, 4) is 0 Å².